The minimum absolute atomic E-state index is 0.0468. The van der Waals surface area contributed by atoms with Crippen molar-refractivity contribution in [1.82, 2.24) is 10.2 Å². The average Bonchev–Trinajstić information content (AvgIpc) is 2.82. The summed E-state index contributed by atoms with van der Waals surface area (Å²) < 4.78 is 9.91. The lowest BCUT2D eigenvalue weighted by atomic mass is 9.82. The van der Waals surface area contributed by atoms with Gasteiger partial charge in [-0.15, -0.1) is 0 Å². The van der Waals surface area contributed by atoms with Crippen LogP contribution in [0.25, 0.3) is 5.57 Å². The predicted octanol–water partition coefficient (Wildman–Crippen LogP) is 1.95. The van der Waals surface area contributed by atoms with E-state index >= 15 is 0 Å². The lowest BCUT2D eigenvalue weighted by Gasteiger charge is -2.35. The Hall–Kier alpha value is -3.42. The number of allylic oxidation sites excluding steroid dienone is 2. The number of rotatable bonds is 6. The van der Waals surface area contributed by atoms with Crippen molar-refractivity contribution in [2.75, 3.05) is 27.3 Å². The van der Waals surface area contributed by atoms with Gasteiger partial charge >= 0.3 is 0 Å². The van der Waals surface area contributed by atoms with Crippen molar-refractivity contribution in [2.24, 2.45) is 11.5 Å². The fraction of sp³-hybridized carbons (Fsp3) is 0.417. The lowest BCUT2D eigenvalue weighted by molar-refractivity contribution is -0.134. The van der Waals surface area contributed by atoms with Crippen LogP contribution in [-0.2, 0) is 19.1 Å². The second kappa shape index (κ2) is 10.3. The Morgan fingerprint density at radius 3 is 2.47 bits per heavy atom. The number of likely N-dealkylation sites (tertiary alicyclic amines) is 1. The van der Waals surface area contributed by atoms with Gasteiger partial charge in [0.05, 0.1) is 20.1 Å². The molecule has 5 N–H and O–H groups in total. The molecule has 0 radical (unpaired) electrons. The number of benzene rings is 1. The molecule has 0 unspecified atom stereocenters. The number of nitrogens with two attached hydrogens (primary N) is 2. The summed E-state index contributed by atoms with van der Waals surface area (Å²) in [6.45, 7) is 3.25. The Labute approximate surface area is 188 Å². The highest BCUT2D eigenvalue weighted by Gasteiger charge is 2.32. The van der Waals surface area contributed by atoms with E-state index in [1.807, 2.05) is 17.0 Å². The maximum atomic E-state index is 13.3. The molecule has 0 bridgehead atoms. The van der Waals surface area contributed by atoms with Gasteiger partial charge in [0.2, 0.25) is 5.91 Å². The molecular formula is C24H32N4O4. The molecule has 1 aliphatic carbocycles. The highest BCUT2D eigenvalue weighted by Crippen LogP contribution is 2.35. The van der Waals surface area contributed by atoms with Crippen molar-refractivity contribution in [3.8, 4) is 0 Å². The van der Waals surface area contributed by atoms with E-state index in [2.05, 4.69) is 30.4 Å². The van der Waals surface area contributed by atoms with Crippen LogP contribution in [0.5, 0.6) is 0 Å². The third-order valence-electron chi connectivity index (χ3n) is 6.11. The zero-order chi connectivity index (χ0) is 23.3. The number of carbonyl (C=O) groups is 2. The number of nitrogens with one attached hydrogen (secondary N) is 1. The Balaban J connectivity index is 1.62. The van der Waals surface area contributed by atoms with Gasteiger partial charge in [-0.3, -0.25) is 9.59 Å². The topological polar surface area (TPSA) is 120 Å². The zero-order valence-corrected chi connectivity index (χ0v) is 18.9. The van der Waals surface area contributed by atoms with Crippen LogP contribution in [0.15, 0.2) is 53.8 Å². The maximum absolute atomic E-state index is 13.3. The van der Waals surface area contributed by atoms with E-state index in [1.54, 1.807) is 0 Å². The third-order valence-corrected chi connectivity index (χ3v) is 6.11. The quantitative estimate of drug-likeness (QED) is 0.353. The monoisotopic (exact) mass is 440 g/mol. The second-order valence-electron chi connectivity index (χ2n) is 8.07. The van der Waals surface area contributed by atoms with Crippen LogP contribution in [0.4, 0.5) is 0 Å². The van der Waals surface area contributed by atoms with E-state index in [9.17, 15) is 9.59 Å². The molecule has 1 aromatic rings. The van der Waals surface area contributed by atoms with E-state index < -0.39 is 5.91 Å². The SMILES string of the molecule is CO/C(N)=C(/C=C(\N)OC)C(=O)NC1CCN(C(=O)[C@@H]2CC=C(C)c3ccccc32)CC1. The first kappa shape index (κ1) is 23.2. The summed E-state index contributed by atoms with van der Waals surface area (Å²) in [5.74, 6) is -0.400. The molecule has 1 aromatic carbocycles. The van der Waals surface area contributed by atoms with Crippen molar-refractivity contribution >= 4 is 17.4 Å². The van der Waals surface area contributed by atoms with E-state index in [-0.39, 0.29) is 35.2 Å². The van der Waals surface area contributed by atoms with Gasteiger partial charge in [0, 0.05) is 25.2 Å². The first-order valence-electron chi connectivity index (χ1n) is 10.8. The number of amides is 2. The molecule has 2 amide bonds. The molecule has 1 aliphatic heterocycles. The zero-order valence-electron chi connectivity index (χ0n) is 18.9. The van der Waals surface area contributed by atoms with Gasteiger partial charge < -0.3 is 31.2 Å². The van der Waals surface area contributed by atoms with Gasteiger partial charge in [0.15, 0.2) is 11.8 Å². The van der Waals surface area contributed by atoms with Crippen molar-refractivity contribution in [2.45, 2.75) is 38.1 Å². The summed E-state index contributed by atoms with van der Waals surface area (Å²) >= 11 is 0. The number of methoxy groups -OCH3 is 2. The molecule has 1 fully saturated rings. The van der Waals surface area contributed by atoms with Crippen molar-refractivity contribution in [3.05, 3.63) is 64.9 Å². The standard InChI is InChI=1S/C24H32N4O4/c1-15-8-9-19(18-7-5-4-6-17(15)18)24(30)28-12-10-16(11-13-28)27-23(29)20(22(26)32-3)14-21(25)31-2/h4-8,14,16,19H,9-13,25-26H2,1-3H3,(H,27,29)/b21-14+,22-20-/t19-/m1/s1. The summed E-state index contributed by atoms with van der Waals surface area (Å²) in [7, 11) is 2.78. The molecule has 8 heteroatoms. The molecule has 3 rings (SSSR count). The van der Waals surface area contributed by atoms with Crippen LogP contribution in [0, 0.1) is 0 Å². The number of carbonyl (C=O) groups excluding carboxylic acids is 2. The average molecular weight is 441 g/mol. The van der Waals surface area contributed by atoms with Crippen LogP contribution < -0.4 is 16.8 Å². The molecule has 0 aromatic heterocycles. The van der Waals surface area contributed by atoms with E-state index in [4.69, 9.17) is 20.9 Å². The molecule has 1 atom stereocenters. The number of piperidine rings is 1. The van der Waals surface area contributed by atoms with Crippen LogP contribution in [0.2, 0.25) is 0 Å². The van der Waals surface area contributed by atoms with Gasteiger partial charge in [-0.25, -0.2) is 0 Å². The number of ether oxygens (including phenoxy) is 2. The Morgan fingerprint density at radius 1 is 1.12 bits per heavy atom. The van der Waals surface area contributed by atoms with Crippen molar-refractivity contribution < 1.29 is 19.1 Å². The Bertz CT molecular complexity index is 959. The van der Waals surface area contributed by atoms with E-state index in [1.165, 1.54) is 25.9 Å². The summed E-state index contributed by atoms with van der Waals surface area (Å²) in [5.41, 5.74) is 15.0. The van der Waals surface area contributed by atoms with Gasteiger partial charge in [-0.1, -0.05) is 30.3 Å². The molecule has 172 valence electrons. The largest absolute Gasteiger partial charge is 0.483 e. The van der Waals surface area contributed by atoms with E-state index in [0.29, 0.717) is 25.9 Å². The van der Waals surface area contributed by atoms with Crippen LogP contribution >= 0.6 is 0 Å². The molecule has 1 heterocycles. The molecule has 8 nitrogen and oxygen atoms in total. The normalized spacial score (nSPS) is 20.0. The summed E-state index contributed by atoms with van der Waals surface area (Å²) in [6.07, 6.45) is 5.51. The molecule has 32 heavy (non-hydrogen) atoms. The third kappa shape index (κ3) is 5.07. The summed E-state index contributed by atoms with van der Waals surface area (Å²) in [6, 6.07) is 8.04. The summed E-state index contributed by atoms with van der Waals surface area (Å²) in [5, 5.41) is 2.96. The fourth-order valence-electron chi connectivity index (χ4n) is 4.21. The maximum Gasteiger partial charge on any atom is 0.257 e. The van der Waals surface area contributed by atoms with Crippen molar-refractivity contribution in [1.29, 1.82) is 0 Å². The number of hydrogen-bond donors (Lipinski definition) is 3. The Morgan fingerprint density at radius 2 is 1.81 bits per heavy atom. The van der Waals surface area contributed by atoms with Gasteiger partial charge in [-0.05, 0) is 42.9 Å². The van der Waals surface area contributed by atoms with Crippen LogP contribution in [0.1, 0.15) is 43.2 Å². The molecular weight excluding hydrogens is 408 g/mol. The van der Waals surface area contributed by atoms with Gasteiger partial charge in [0.1, 0.15) is 5.57 Å². The highest BCUT2D eigenvalue weighted by atomic mass is 16.5. The number of fused-ring (bicyclic) bond motifs is 1. The first-order chi connectivity index (χ1) is 15.3. The number of nitrogens with zero attached hydrogens (tertiary/aromatic N) is 1. The molecule has 0 spiro atoms. The van der Waals surface area contributed by atoms with Crippen LogP contribution in [0.3, 0.4) is 0 Å². The molecule has 2 aliphatic rings. The van der Waals surface area contributed by atoms with E-state index in [0.717, 1.165) is 17.5 Å². The molecule has 0 saturated carbocycles. The Kier molecular flexibility index (Phi) is 7.45. The first-order valence-corrected chi connectivity index (χ1v) is 10.8. The minimum atomic E-state index is -0.393. The minimum Gasteiger partial charge on any atom is -0.483 e. The smallest absolute Gasteiger partial charge is 0.257 e. The van der Waals surface area contributed by atoms with Crippen LogP contribution in [-0.4, -0.2) is 50.1 Å². The highest BCUT2D eigenvalue weighted by molar-refractivity contribution is 5.97. The second-order valence-corrected chi connectivity index (χ2v) is 8.07. The fourth-order valence-corrected chi connectivity index (χ4v) is 4.21. The molecule has 1 saturated heterocycles. The predicted molar refractivity (Wildman–Crippen MR) is 123 cm³/mol. The number of hydrogen-bond acceptors (Lipinski definition) is 6. The lowest BCUT2D eigenvalue weighted by Crippen LogP contribution is -2.48. The van der Waals surface area contributed by atoms with Gasteiger partial charge in [0.25, 0.3) is 5.91 Å². The van der Waals surface area contributed by atoms with Crippen molar-refractivity contribution in [3.63, 3.8) is 0 Å². The van der Waals surface area contributed by atoms with Gasteiger partial charge in [-0.2, -0.15) is 0 Å². The summed E-state index contributed by atoms with van der Waals surface area (Å²) in [4.78, 5) is 27.9.